The Bertz CT molecular complexity index is 727. The summed E-state index contributed by atoms with van der Waals surface area (Å²) in [5, 5.41) is 0. The van der Waals surface area contributed by atoms with Crippen LogP contribution in [-0.2, 0) is 22.3 Å². The molecule has 2 atom stereocenters. The Morgan fingerprint density at radius 2 is 1.71 bits per heavy atom. The second kappa shape index (κ2) is 6.41. The van der Waals surface area contributed by atoms with Crippen molar-refractivity contribution in [2.75, 3.05) is 5.73 Å². The van der Waals surface area contributed by atoms with E-state index in [1.165, 1.54) is 0 Å². The van der Waals surface area contributed by atoms with E-state index < -0.39 is 23.5 Å². The van der Waals surface area contributed by atoms with Crippen molar-refractivity contribution in [3.8, 4) is 0 Å². The van der Waals surface area contributed by atoms with Crippen molar-refractivity contribution >= 4 is 44.9 Å². The molecule has 0 aliphatic carbocycles. The molecule has 6 N–H and O–H groups in total. The van der Waals surface area contributed by atoms with Crippen molar-refractivity contribution in [3.63, 3.8) is 0 Å². The van der Waals surface area contributed by atoms with Crippen LogP contribution in [-0.4, -0.2) is 44.9 Å². The van der Waals surface area contributed by atoms with Crippen LogP contribution in [0.1, 0.15) is 0 Å². The molecule has 0 spiro atoms. The molecule has 1 rings (SSSR count). The van der Waals surface area contributed by atoms with Crippen molar-refractivity contribution in [3.05, 3.63) is 16.6 Å². The normalized spacial score (nSPS) is 17.7. The molecule has 0 bridgehead atoms. The standard InChI is InChI=1S/C4H8N3O10P3Se/c5-3-1-2-7(4(21)6-3)15-19(11,12)17-20(13,14)16-18(8,9)10/h1-2H,(H,11,12)(H,13,14)(H2,5,6,21)(H2,8,9,10). The van der Waals surface area contributed by atoms with Crippen LogP contribution in [0.15, 0.2) is 12.3 Å². The first-order valence-corrected chi connectivity index (χ1v) is 9.86. The Balaban J connectivity index is 2.92. The van der Waals surface area contributed by atoms with E-state index in [9.17, 15) is 18.6 Å². The van der Waals surface area contributed by atoms with Crippen molar-refractivity contribution in [2.24, 2.45) is 0 Å². The summed E-state index contributed by atoms with van der Waals surface area (Å²) in [6.07, 6.45) is 1.02. The van der Waals surface area contributed by atoms with Crippen LogP contribution in [0.4, 0.5) is 5.82 Å². The van der Waals surface area contributed by atoms with Gasteiger partial charge in [0.1, 0.15) is 0 Å². The Labute approximate surface area is 124 Å². The number of hydrogen-bond donors (Lipinski definition) is 5. The fourth-order valence-corrected chi connectivity index (χ4v) is 4.40. The van der Waals surface area contributed by atoms with Crippen LogP contribution in [0.2, 0.25) is 0 Å². The third kappa shape index (κ3) is 6.96. The molecule has 0 aromatic carbocycles. The van der Waals surface area contributed by atoms with Crippen molar-refractivity contribution in [1.82, 2.24) is 9.71 Å². The van der Waals surface area contributed by atoms with E-state index in [0.717, 1.165) is 12.3 Å². The second-order valence-electron chi connectivity index (χ2n) is 3.13. The summed E-state index contributed by atoms with van der Waals surface area (Å²) in [6, 6.07) is 1.16. The molecule has 1 aromatic heterocycles. The fraction of sp³-hybridized carbons (Fsp3) is 0. The van der Waals surface area contributed by atoms with Gasteiger partial charge in [0.25, 0.3) is 0 Å². The van der Waals surface area contributed by atoms with E-state index in [2.05, 4.69) is 33.8 Å². The summed E-state index contributed by atoms with van der Waals surface area (Å²) >= 11 is 2.31. The molecule has 17 heteroatoms. The molecule has 0 aliphatic rings. The van der Waals surface area contributed by atoms with E-state index in [-0.39, 0.29) is 10.1 Å². The molecule has 0 saturated carbocycles. The number of hydrogen-bond acceptors (Lipinski definition) is 8. The third-order valence-corrected chi connectivity index (χ3v) is 5.68. The predicted molar refractivity (Wildman–Crippen MR) is 66.1 cm³/mol. The molecule has 0 amide bonds. The molecule has 0 fully saturated rings. The van der Waals surface area contributed by atoms with Gasteiger partial charge >= 0.3 is 123 Å². The van der Waals surface area contributed by atoms with Crippen molar-refractivity contribution in [1.29, 1.82) is 0 Å². The van der Waals surface area contributed by atoms with Crippen LogP contribution in [0.5, 0.6) is 0 Å². The van der Waals surface area contributed by atoms with Gasteiger partial charge in [0.05, 0.1) is 0 Å². The number of nitrogens with zero attached hydrogens (tertiary/aromatic N) is 2. The van der Waals surface area contributed by atoms with Crippen LogP contribution < -0.4 is 10.4 Å². The van der Waals surface area contributed by atoms with Gasteiger partial charge in [0.15, 0.2) is 0 Å². The van der Waals surface area contributed by atoms with Crippen molar-refractivity contribution < 1.29 is 46.5 Å². The predicted octanol–water partition coefficient (Wildman–Crippen LogP) is -1.08. The Kier molecular flexibility index (Phi) is 5.71. The van der Waals surface area contributed by atoms with Crippen LogP contribution in [0, 0.1) is 4.32 Å². The number of nitrogens with two attached hydrogens (primary N) is 1. The Morgan fingerprint density at radius 3 is 2.19 bits per heavy atom. The monoisotopic (exact) mass is 431 g/mol. The van der Waals surface area contributed by atoms with Gasteiger partial charge in [-0.2, -0.15) is 0 Å². The number of rotatable bonds is 6. The third-order valence-electron chi connectivity index (χ3n) is 1.40. The number of anilines is 1. The molecule has 2 unspecified atom stereocenters. The Hall–Kier alpha value is -0.351. The summed E-state index contributed by atoms with van der Waals surface area (Å²) in [5.41, 5.74) is 5.31. The van der Waals surface area contributed by atoms with Gasteiger partial charge in [-0.05, 0) is 0 Å². The first-order valence-electron chi connectivity index (χ1n) is 4.49. The van der Waals surface area contributed by atoms with Gasteiger partial charge in [0, 0.05) is 0 Å². The minimum absolute atomic E-state index is 0.0370. The topological polar surface area (TPSA) is 204 Å². The summed E-state index contributed by atoms with van der Waals surface area (Å²) < 4.78 is 44.7. The summed E-state index contributed by atoms with van der Waals surface area (Å²) in [5.74, 6) is 0.0370. The molecule has 1 aromatic rings. The average molecular weight is 430 g/mol. The molecule has 21 heavy (non-hydrogen) atoms. The average Bonchev–Trinajstić information content (AvgIpc) is 2.16. The van der Waals surface area contributed by atoms with E-state index >= 15 is 0 Å². The van der Waals surface area contributed by atoms with Gasteiger partial charge in [-0.3, -0.25) is 0 Å². The zero-order valence-corrected chi connectivity index (χ0v) is 14.0. The van der Waals surface area contributed by atoms with Crippen LogP contribution in [0.3, 0.4) is 0 Å². The molecule has 13 nitrogen and oxygen atoms in total. The number of nitrogen functional groups attached to an aromatic ring is 1. The number of aromatic nitrogens is 2. The summed E-state index contributed by atoms with van der Waals surface area (Å²) in [7, 11) is -16.3. The van der Waals surface area contributed by atoms with E-state index in [1.54, 1.807) is 0 Å². The first-order chi connectivity index (χ1) is 9.30. The SMILES string of the molecule is Nc1ccn(OP(=O)(O)OP(=O)(O)OP(=O)(O)O)c(=[Se])n1. The molecule has 0 saturated heterocycles. The zero-order valence-electron chi connectivity index (χ0n) is 9.61. The van der Waals surface area contributed by atoms with Crippen LogP contribution in [0.25, 0.3) is 0 Å². The van der Waals surface area contributed by atoms with Gasteiger partial charge in [-0.1, -0.05) is 0 Å². The molecular weight excluding hydrogens is 422 g/mol. The molecule has 0 radical (unpaired) electrons. The molecule has 120 valence electrons. The second-order valence-corrected chi connectivity index (χ2v) is 8.22. The van der Waals surface area contributed by atoms with E-state index in [0.29, 0.717) is 4.73 Å². The fourth-order valence-electron chi connectivity index (χ4n) is 0.873. The maximum absolute atomic E-state index is 11.5. The van der Waals surface area contributed by atoms with Crippen LogP contribution >= 0.6 is 23.5 Å². The molecule has 0 aliphatic heterocycles. The Morgan fingerprint density at radius 1 is 1.14 bits per heavy atom. The summed E-state index contributed by atoms with van der Waals surface area (Å²) in [6.45, 7) is 0. The van der Waals surface area contributed by atoms with Gasteiger partial charge in [0.2, 0.25) is 0 Å². The van der Waals surface area contributed by atoms with Gasteiger partial charge in [-0.25, -0.2) is 0 Å². The molecular formula is C4H8N3O10P3Se. The van der Waals surface area contributed by atoms with Gasteiger partial charge in [-0.15, -0.1) is 0 Å². The van der Waals surface area contributed by atoms with E-state index in [4.69, 9.17) is 20.4 Å². The summed E-state index contributed by atoms with van der Waals surface area (Å²) in [4.78, 5) is 38.5. The van der Waals surface area contributed by atoms with E-state index in [1.807, 2.05) is 0 Å². The first kappa shape index (κ1) is 18.7. The maximum atomic E-state index is 11.5. The molecule has 1 heterocycles. The zero-order chi connectivity index (χ0) is 16.5. The van der Waals surface area contributed by atoms with Gasteiger partial charge < -0.3 is 0 Å². The van der Waals surface area contributed by atoms with Crippen molar-refractivity contribution in [2.45, 2.75) is 0 Å². The quantitative estimate of drug-likeness (QED) is 0.270. The number of phosphoric acid groups is 3. The minimum atomic E-state index is -5.57.